The summed E-state index contributed by atoms with van der Waals surface area (Å²) in [4.78, 5) is 27.1. The summed E-state index contributed by atoms with van der Waals surface area (Å²) in [5.41, 5.74) is 9.19. The maximum Gasteiger partial charge on any atom is 0.407 e. The first-order valence-corrected chi connectivity index (χ1v) is 9.59. The van der Waals surface area contributed by atoms with Gasteiger partial charge < -0.3 is 19.5 Å². The predicted octanol–water partition coefficient (Wildman–Crippen LogP) is 4.12. The van der Waals surface area contributed by atoms with Gasteiger partial charge in [0.2, 0.25) is 0 Å². The molecule has 160 valence electrons. The number of alkyl carbamates (subject to hydrolysis) is 1. The molecule has 0 aliphatic heterocycles. The van der Waals surface area contributed by atoms with Crippen molar-refractivity contribution < 1.29 is 23.8 Å². The van der Waals surface area contributed by atoms with Gasteiger partial charge >= 0.3 is 12.1 Å². The third kappa shape index (κ3) is 10.4. The molecule has 0 aliphatic carbocycles. The van der Waals surface area contributed by atoms with Gasteiger partial charge in [0.05, 0.1) is 19.3 Å². The number of hydrogen-bond acceptors (Lipinski definition) is 6. The molecule has 0 radical (unpaired) electrons. The largest absolute Gasteiger partial charge is 0.466 e. The molecule has 0 fully saturated rings. The molecule has 0 heterocycles. The Morgan fingerprint density at radius 2 is 1.93 bits per heavy atom. The van der Waals surface area contributed by atoms with E-state index in [4.69, 9.17) is 19.7 Å². The summed E-state index contributed by atoms with van der Waals surface area (Å²) in [6.45, 7) is 7.85. The maximum absolute atomic E-state index is 12.2. The monoisotopic (exact) mass is 406 g/mol. The highest BCUT2D eigenvalue weighted by Gasteiger charge is 2.31. The minimum absolute atomic E-state index is 0.135. The number of amides is 1. The molecule has 1 rings (SSSR count). The summed E-state index contributed by atoms with van der Waals surface area (Å²) in [5, 5.41) is 6.16. The van der Waals surface area contributed by atoms with E-state index >= 15 is 0 Å². The molecular formula is C20H30N4O5. The van der Waals surface area contributed by atoms with Crippen LogP contribution in [0.2, 0.25) is 0 Å². The summed E-state index contributed by atoms with van der Waals surface area (Å²) in [6, 6.07) is 7.76. The van der Waals surface area contributed by atoms with Gasteiger partial charge in [-0.2, -0.15) is 0 Å². The van der Waals surface area contributed by atoms with E-state index in [1.165, 1.54) is 0 Å². The summed E-state index contributed by atoms with van der Waals surface area (Å²) in [5.74, 6) is -0.698. The molecule has 9 heteroatoms. The first-order valence-electron chi connectivity index (χ1n) is 9.59. The van der Waals surface area contributed by atoms with E-state index in [0.29, 0.717) is 26.1 Å². The lowest BCUT2D eigenvalue weighted by Crippen LogP contribution is -2.48. The number of azide groups is 1. The minimum Gasteiger partial charge on any atom is -0.466 e. The molecule has 1 aromatic rings. The van der Waals surface area contributed by atoms with Crippen molar-refractivity contribution in [1.29, 1.82) is 0 Å². The van der Waals surface area contributed by atoms with Gasteiger partial charge in [-0.15, -0.1) is 0 Å². The van der Waals surface area contributed by atoms with E-state index in [1.54, 1.807) is 27.7 Å². The summed E-state index contributed by atoms with van der Waals surface area (Å²) >= 11 is 0. The van der Waals surface area contributed by atoms with E-state index in [9.17, 15) is 9.59 Å². The van der Waals surface area contributed by atoms with Crippen molar-refractivity contribution in [3.63, 3.8) is 0 Å². The number of nitrogens with zero attached hydrogens (tertiary/aromatic N) is 3. The lowest BCUT2D eigenvalue weighted by atomic mass is 10.0. The highest BCUT2D eigenvalue weighted by molar-refractivity contribution is 5.78. The van der Waals surface area contributed by atoms with E-state index < -0.39 is 29.7 Å². The van der Waals surface area contributed by atoms with Crippen molar-refractivity contribution in [2.45, 2.75) is 64.8 Å². The van der Waals surface area contributed by atoms with E-state index in [-0.39, 0.29) is 6.61 Å². The quantitative estimate of drug-likeness (QED) is 0.195. The van der Waals surface area contributed by atoms with Crippen LogP contribution in [-0.2, 0) is 25.6 Å². The number of esters is 1. The third-order valence-electron chi connectivity index (χ3n) is 3.70. The van der Waals surface area contributed by atoms with Crippen LogP contribution in [-0.4, -0.2) is 43.0 Å². The van der Waals surface area contributed by atoms with Crippen molar-refractivity contribution >= 4 is 12.1 Å². The second-order valence-corrected chi connectivity index (χ2v) is 7.33. The number of carbonyl (C=O) groups is 2. The Morgan fingerprint density at radius 3 is 2.52 bits per heavy atom. The zero-order valence-electron chi connectivity index (χ0n) is 17.5. The minimum atomic E-state index is -1.19. The Bertz CT molecular complexity index is 684. The Balaban J connectivity index is 2.70. The van der Waals surface area contributed by atoms with Gasteiger partial charge in [0, 0.05) is 11.5 Å². The lowest BCUT2D eigenvalue weighted by molar-refractivity contribution is -0.145. The first-order chi connectivity index (χ1) is 13.8. The normalized spacial score (nSPS) is 13.0. The standard InChI is InChI=1S/C20H30N4O5/c1-5-28-18(25)17(23-24-21)16(22-19(26)29-20(2,3)4)12-9-13-27-14-15-10-7-6-8-11-15/h6-8,10-11,16-17H,5,9,12-14H2,1-4H3,(H,22,26)/t16-,17+/m1/s1. The fraction of sp³-hybridized carbons (Fsp3) is 0.600. The van der Waals surface area contributed by atoms with Crippen LogP contribution < -0.4 is 5.32 Å². The van der Waals surface area contributed by atoms with Crippen LogP contribution in [0, 0.1) is 0 Å². The van der Waals surface area contributed by atoms with Gasteiger partial charge in [-0.05, 0) is 51.6 Å². The van der Waals surface area contributed by atoms with E-state index in [1.807, 2.05) is 30.3 Å². The van der Waals surface area contributed by atoms with Crippen LogP contribution in [0.5, 0.6) is 0 Å². The number of carbonyl (C=O) groups excluding carboxylic acids is 2. The van der Waals surface area contributed by atoms with Crippen molar-refractivity contribution in [3.05, 3.63) is 46.3 Å². The van der Waals surface area contributed by atoms with E-state index in [2.05, 4.69) is 15.3 Å². The first kappa shape index (κ1) is 24.3. The average molecular weight is 406 g/mol. The average Bonchev–Trinajstić information content (AvgIpc) is 2.64. The molecule has 1 amide bonds. The molecule has 0 spiro atoms. The van der Waals surface area contributed by atoms with E-state index in [0.717, 1.165) is 5.56 Å². The molecule has 9 nitrogen and oxygen atoms in total. The highest BCUT2D eigenvalue weighted by atomic mass is 16.6. The highest BCUT2D eigenvalue weighted by Crippen LogP contribution is 2.13. The van der Waals surface area contributed by atoms with Crippen LogP contribution in [0.1, 0.15) is 46.1 Å². The molecule has 0 saturated heterocycles. The van der Waals surface area contributed by atoms with Crippen LogP contribution in [0.25, 0.3) is 10.4 Å². The number of rotatable bonds is 11. The van der Waals surface area contributed by atoms with Crippen molar-refractivity contribution in [3.8, 4) is 0 Å². The molecular weight excluding hydrogens is 376 g/mol. The van der Waals surface area contributed by atoms with Gasteiger partial charge in [0.25, 0.3) is 0 Å². The zero-order valence-corrected chi connectivity index (χ0v) is 17.5. The molecule has 0 aromatic heterocycles. The summed E-state index contributed by atoms with van der Waals surface area (Å²) in [7, 11) is 0. The van der Waals surface area contributed by atoms with Gasteiger partial charge in [0.1, 0.15) is 5.60 Å². The molecule has 1 aromatic carbocycles. The van der Waals surface area contributed by atoms with Crippen LogP contribution in [0.15, 0.2) is 35.4 Å². The maximum atomic E-state index is 12.2. The zero-order chi connectivity index (χ0) is 21.7. The molecule has 0 bridgehead atoms. The molecule has 1 N–H and O–H groups in total. The fourth-order valence-electron chi connectivity index (χ4n) is 2.51. The van der Waals surface area contributed by atoms with Crippen LogP contribution in [0.3, 0.4) is 0 Å². The van der Waals surface area contributed by atoms with Gasteiger partial charge in [-0.1, -0.05) is 35.4 Å². The van der Waals surface area contributed by atoms with Crippen LogP contribution >= 0.6 is 0 Å². The van der Waals surface area contributed by atoms with Gasteiger partial charge in [0.15, 0.2) is 6.04 Å². The SMILES string of the molecule is CCOC(=O)[C@@H](N=[N+]=[N-])[C@@H](CCCOCc1ccccc1)NC(=O)OC(C)(C)C. The molecule has 2 atom stereocenters. The fourth-order valence-corrected chi connectivity index (χ4v) is 2.51. The second kappa shape index (κ2) is 12.6. The Labute approximate surface area is 171 Å². The topological polar surface area (TPSA) is 123 Å². The predicted molar refractivity (Wildman–Crippen MR) is 108 cm³/mol. The van der Waals surface area contributed by atoms with Crippen molar-refractivity contribution in [2.24, 2.45) is 5.11 Å². The Morgan fingerprint density at radius 1 is 1.24 bits per heavy atom. The molecule has 0 saturated carbocycles. The number of benzene rings is 1. The van der Waals surface area contributed by atoms with Crippen LogP contribution in [0.4, 0.5) is 4.79 Å². The summed E-state index contributed by atoms with van der Waals surface area (Å²) in [6.07, 6.45) is 0.177. The molecule has 29 heavy (non-hydrogen) atoms. The summed E-state index contributed by atoms with van der Waals surface area (Å²) < 4.78 is 15.9. The smallest absolute Gasteiger partial charge is 0.407 e. The number of ether oxygens (including phenoxy) is 3. The Kier molecular flexibility index (Phi) is 10.6. The third-order valence-corrected chi connectivity index (χ3v) is 3.70. The molecule has 0 aliphatic rings. The van der Waals surface area contributed by atoms with Crippen molar-refractivity contribution in [1.82, 2.24) is 5.32 Å². The second-order valence-electron chi connectivity index (χ2n) is 7.33. The van der Waals surface area contributed by atoms with Gasteiger partial charge in [-0.3, -0.25) is 4.79 Å². The van der Waals surface area contributed by atoms with Gasteiger partial charge in [-0.25, -0.2) is 4.79 Å². The Hall–Kier alpha value is -2.77. The number of hydrogen-bond donors (Lipinski definition) is 1. The number of nitrogens with one attached hydrogen (secondary N) is 1. The molecule has 0 unspecified atom stereocenters. The lowest BCUT2D eigenvalue weighted by Gasteiger charge is -2.26. The van der Waals surface area contributed by atoms with Crippen molar-refractivity contribution in [2.75, 3.05) is 13.2 Å².